The monoisotopic (exact) mass is 1340 g/mol. The van der Waals surface area contributed by atoms with Crippen LogP contribution in [0.15, 0.2) is 166 Å². The van der Waals surface area contributed by atoms with Gasteiger partial charge in [0, 0.05) is 118 Å². The van der Waals surface area contributed by atoms with E-state index in [1.54, 1.807) is 16.7 Å². The highest BCUT2D eigenvalue weighted by molar-refractivity contribution is 5.99. The van der Waals surface area contributed by atoms with Crippen LogP contribution in [0.4, 0.5) is 69.3 Å². The number of piperidine rings is 1. The summed E-state index contributed by atoms with van der Waals surface area (Å²) in [4.78, 5) is 38.1. The predicted octanol–water partition coefficient (Wildman–Crippen LogP) is 14.7. The molecule has 99 heavy (non-hydrogen) atoms. The van der Waals surface area contributed by atoms with E-state index < -0.39 is 0 Å². The molecule has 3 aromatic carbocycles. The van der Waals surface area contributed by atoms with Gasteiger partial charge in [-0.2, -0.15) is 38.8 Å². The fourth-order valence-corrected chi connectivity index (χ4v) is 13.1. The number of carbonyl (C=O) groups excluding carboxylic acids is 1. The molecule has 1 saturated heterocycles. The van der Waals surface area contributed by atoms with Crippen molar-refractivity contribution in [3.63, 3.8) is 0 Å². The molecule has 3 fully saturated rings. The van der Waals surface area contributed by atoms with Crippen molar-refractivity contribution in [2.75, 3.05) is 88.8 Å². The second-order valence-corrected chi connectivity index (χ2v) is 26.5. The number of anilines is 12. The standard InChI is InChI=1S/C27H37N7.C26H35N7.C23H29N7O2/c1-7-19(4)29-21-9-8-10-22(15-21)31-26-16-25(30-20-11-13-23(14-12-20)33(5)6)32-27-24(18(2)3)17-28-34(26)27;1-6-18(3)28-21-9-8-10-22(15-21)30-25-16-24(31-26-19(7-2)17-27-33(25)26)29-20-11-13-23(14-12-20)32(4)5;1-3-16-15-24-30-21(16)27-22(29-12-6-5-10-19(29)11-13-31)28-23(30)26-18-9-7-8-17(14-18)25-20(32)4-2/h7-10,15-18,20,23,29,31H,1,4,11-14H2,2-3,5-6H3,(H,30,32);6,8-10,15-17,20,23,28,30H,1,3,7,11-14H2,2,4-5H3,(H,29,31);4,7-9,14-15,19,31H,2-3,5-6,10-13H2,1H3,(H,25,32)(H,26,27,28). The number of aryl methyl sites for hydroxylation is 2. The van der Waals surface area contributed by atoms with Crippen molar-refractivity contribution in [1.29, 1.82) is 0 Å². The Morgan fingerprint density at radius 1 is 0.566 bits per heavy atom. The third-order valence-electron chi connectivity index (χ3n) is 18.7. The van der Waals surface area contributed by atoms with E-state index in [0.717, 1.165) is 161 Å². The van der Waals surface area contributed by atoms with Crippen LogP contribution in [0.1, 0.15) is 127 Å². The molecule has 1 atom stereocenters. The van der Waals surface area contributed by atoms with Crippen molar-refractivity contribution >= 4 is 92.1 Å². The van der Waals surface area contributed by atoms with Gasteiger partial charge in [0.2, 0.25) is 17.8 Å². The van der Waals surface area contributed by atoms with Gasteiger partial charge in [-0.05, 0) is 197 Å². The molecule has 9 aromatic rings. The van der Waals surface area contributed by atoms with Gasteiger partial charge in [-0.25, -0.2) is 9.97 Å². The number of hydrogen-bond acceptors (Lipinski definition) is 19. The van der Waals surface area contributed by atoms with Crippen LogP contribution in [-0.2, 0) is 17.6 Å². The van der Waals surface area contributed by atoms with Crippen molar-refractivity contribution in [2.24, 2.45) is 0 Å². The average molecular weight is 1340 g/mol. The van der Waals surface area contributed by atoms with Crippen LogP contribution >= 0.6 is 0 Å². The fourth-order valence-electron chi connectivity index (χ4n) is 13.1. The van der Waals surface area contributed by atoms with Crippen molar-refractivity contribution < 1.29 is 9.90 Å². The molecule has 0 spiro atoms. The zero-order valence-electron chi connectivity index (χ0n) is 59.0. The molecule has 2 aliphatic carbocycles. The topological polar surface area (TPSA) is 247 Å². The lowest BCUT2D eigenvalue weighted by molar-refractivity contribution is -0.111. The molecule has 2 saturated carbocycles. The predicted molar refractivity (Wildman–Crippen MR) is 407 cm³/mol. The van der Waals surface area contributed by atoms with E-state index in [2.05, 4.69) is 173 Å². The quantitative estimate of drug-likeness (QED) is 0.0181. The van der Waals surface area contributed by atoms with E-state index in [0.29, 0.717) is 54.1 Å². The molecule has 1 amide bonds. The molecule has 1 aliphatic heterocycles. The molecular weight excluding hydrogens is 1240 g/mol. The third kappa shape index (κ3) is 18.6. The lowest BCUT2D eigenvalue weighted by Crippen LogP contribution is -2.41. The van der Waals surface area contributed by atoms with Gasteiger partial charge >= 0.3 is 0 Å². The first-order valence-corrected chi connectivity index (χ1v) is 34.9. The Hall–Kier alpha value is -10.1. The molecule has 6 aromatic heterocycles. The van der Waals surface area contributed by atoms with Gasteiger partial charge in [-0.1, -0.05) is 78.8 Å². The Morgan fingerprint density at radius 3 is 1.52 bits per heavy atom. The average Bonchev–Trinajstić information content (AvgIpc) is 1.72. The summed E-state index contributed by atoms with van der Waals surface area (Å²) in [6.07, 6.45) is 25.3. The highest BCUT2D eigenvalue weighted by Gasteiger charge is 2.28. The van der Waals surface area contributed by atoms with Crippen molar-refractivity contribution in [2.45, 2.75) is 154 Å². The first kappa shape index (κ1) is 71.7. The Morgan fingerprint density at radius 2 is 1.03 bits per heavy atom. The normalized spacial score (nSPS) is 17.6. The van der Waals surface area contributed by atoms with Crippen LogP contribution < -0.4 is 47.4 Å². The van der Waals surface area contributed by atoms with Gasteiger partial charge in [0.15, 0.2) is 16.9 Å². The Kier molecular flexibility index (Phi) is 24.6. The maximum absolute atomic E-state index is 11.7. The molecule has 7 heterocycles. The lowest BCUT2D eigenvalue weighted by Gasteiger charge is -2.35. The van der Waals surface area contributed by atoms with Crippen LogP contribution in [0.5, 0.6) is 0 Å². The van der Waals surface area contributed by atoms with Crippen LogP contribution in [-0.4, -0.2) is 141 Å². The number of benzene rings is 3. The first-order valence-electron chi connectivity index (χ1n) is 34.9. The Balaban J connectivity index is 0.000000161. The fraction of sp³-hybridized carbons (Fsp3) is 0.395. The minimum atomic E-state index is -0.270. The smallest absolute Gasteiger partial charge is 0.247 e. The number of hydrogen-bond donors (Lipinski definition) is 9. The third-order valence-corrected chi connectivity index (χ3v) is 18.7. The van der Waals surface area contributed by atoms with Crippen molar-refractivity contribution in [3.05, 3.63) is 183 Å². The molecule has 12 rings (SSSR count). The minimum Gasteiger partial charge on any atom is -0.396 e. The summed E-state index contributed by atoms with van der Waals surface area (Å²) >= 11 is 0. The zero-order valence-corrected chi connectivity index (χ0v) is 59.0. The number of nitrogens with zero attached hydrogens (tertiary/aromatic N) is 13. The summed E-state index contributed by atoms with van der Waals surface area (Å²) in [5.41, 5.74) is 12.6. The highest BCUT2D eigenvalue weighted by Crippen LogP contribution is 2.33. The van der Waals surface area contributed by atoms with Crippen LogP contribution in [0.3, 0.4) is 0 Å². The Labute approximate surface area is 583 Å². The van der Waals surface area contributed by atoms with E-state index in [1.165, 1.54) is 31.8 Å². The summed E-state index contributed by atoms with van der Waals surface area (Å²) in [6, 6.07) is 30.1. The number of carbonyl (C=O) groups is 1. The largest absolute Gasteiger partial charge is 0.396 e. The molecule has 1 unspecified atom stereocenters. The first-order chi connectivity index (χ1) is 47.9. The number of aliphatic hydroxyl groups is 1. The van der Waals surface area contributed by atoms with E-state index in [9.17, 15) is 9.90 Å². The van der Waals surface area contributed by atoms with Crippen LogP contribution in [0, 0.1) is 0 Å². The molecule has 522 valence electrons. The number of fused-ring (bicyclic) bond motifs is 3. The maximum Gasteiger partial charge on any atom is 0.247 e. The number of nitrogens with one attached hydrogen (secondary N) is 8. The van der Waals surface area contributed by atoms with Gasteiger partial charge in [-0.3, -0.25) is 4.79 Å². The van der Waals surface area contributed by atoms with Gasteiger partial charge in [0.1, 0.15) is 23.3 Å². The Bertz CT molecular complexity index is 4240. The lowest BCUT2D eigenvalue weighted by atomic mass is 9.90. The van der Waals surface area contributed by atoms with E-state index in [1.807, 2.05) is 100 Å². The molecular formula is C76H101N21O2. The van der Waals surface area contributed by atoms with E-state index >= 15 is 0 Å². The number of amides is 1. The van der Waals surface area contributed by atoms with Crippen LogP contribution in [0.25, 0.3) is 16.9 Å². The van der Waals surface area contributed by atoms with Gasteiger partial charge in [0.25, 0.3) is 0 Å². The maximum atomic E-state index is 11.7. The van der Waals surface area contributed by atoms with Crippen molar-refractivity contribution in [1.82, 2.24) is 58.6 Å². The van der Waals surface area contributed by atoms with Crippen LogP contribution in [0.2, 0.25) is 0 Å². The number of allylic oxidation sites excluding steroid dienone is 2. The summed E-state index contributed by atoms with van der Waals surface area (Å²) in [5.74, 6) is 4.79. The molecule has 23 heteroatoms. The number of rotatable bonds is 26. The van der Waals surface area contributed by atoms with Gasteiger partial charge in [0.05, 0.1) is 18.6 Å². The van der Waals surface area contributed by atoms with Gasteiger partial charge in [-0.15, -0.1) is 0 Å². The molecule has 9 N–H and O–H groups in total. The SMILES string of the molecule is C=CC(=C)Nc1cccc(Nc2cc(NC3CCC(N(C)C)CC3)nc3c(C(C)C)cnn23)c1.C=CC(=C)Nc1cccc(Nc2cc(NC3CCC(N(C)C)CC3)nc3c(CC)cnn23)c1.C=CC(=O)Nc1cccc(Nc2nc(N3CCCCC3CCO)nc3c(CC)cnn23)c1. The zero-order chi connectivity index (χ0) is 70.1. The summed E-state index contributed by atoms with van der Waals surface area (Å²) in [6.45, 7) is 28.4. The second kappa shape index (κ2) is 33.9. The van der Waals surface area contributed by atoms with E-state index in [4.69, 9.17) is 19.9 Å². The van der Waals surface area contributed by atoms with E-state index in [-0.39, 0.29) is 18.6 Å². The highest BCUT2D eigenvalue weighted by atomic mass is 16.3. The molecule has 0 radical (unpaired) electrons. The summed E-state index contributed by atoms with van der Waals surface area (Å²) < 4.78 is 5.49. The second-order valence-electron chi connectivity index (χ2n) is 26.5. The number of aromatic nitrogens is 10. The molecule has 23 nitrogen and oxygen atoms in total. The molecule has 0 bridgehead atoms. The number of aliphatic hydroxyl groups excluding tert-OH is 1. The molecule has 3 aliphatic rings. The van der Waals surface area contributed by atoms with Crippen molar-refractivity contribution in [3.8, 4) is 0 Å². The van der Waals surface area contributed by atoms with Gasteiger partial charge < -0.3 is 62.3 Å². The summed E-state index contributed by atoms with van der Waals surface area (Å²) in [7, 11) is 8.71. The minimum absolute atomic E-state index is 0.143. The summed E-state index contributed by atoms with van der Waals surface area (Å²) in [5, 5.41) is 50.4.